The second-order valence-corrected chi connectivity index (χ2v) is 4.29. The summed E-state index contributed by atoms with van der Waals surface area (Å²) in [7, 11) is 0. The van der Waals surface area contributed by atoms with Gasteiger partial charge in [-0.2, -0.15) is 0 Å². The summed E-state index contributed by atoms with van der Waals surface area (Å²) in [6.45, 7) is 4.56. The summed E-state index contributed by atoms with van der Waals surface area (Å²) in [4.78, 5) is 13.5. The first-order valence-electron chi connectivity index (χ1n) is 5.29. The maximum absolute atomic E-state index is 11.0. The van der Waals surface area contributed by atoms with Gasteiger partial charge in [0.15, 0.2) is 0 Å². The highest BCUT2D eigenvalue weighted by molar-refractivity contribution is 5.78. The van der Waals surface area contributed by atoms with Gasteiger partial charge < -0.3 is 5.32 Å². The molecule has 3 heteroatoms. The average Bonchev–Trinajstić information content (AvgIpc) is 2.64. The van der Waals surface area contributed by atoms with Crippen LogP contribution in [0.3, 0.4) is 0 Å². The van der Waals surface area contributed by atoms with Gasteiger partial charge in [-0.3, -0.25) is 9.69 Å². The number of carbonyl (C=O) groups is 1. The maximum atomic E-state index is 11.0. The third-order valence-corrected chi connectivity index (χ3v) is 3.23. The van der Waals surface area contributed by atoms with E-state index in [0.717, 1.165) is 25.4 Å². The molecule has 2 rings (SSSR count). The second-order valence-electron chi connectivity index (χ2n) is 4.29. The fraction of sp³-hybridized carbons (Fsp3) is 0.900. The molecule has 0 aromatic carbocycles. The monoisotopic (exact) mass is 182 g/mol. The van der Waals surface area contributed by atoms with Crippen molar-refractivity contribution in [3.05, 3.63) is 0 Å². The van der Waals surface area contributed by atoms with Gasteiger partial charge in [-0.15, -0.1) is 0 Å². The summed E-state index contributed by atoms with van der Waals surface area (Å²) in [5, 5.41) is 3.02. The third kappa shape index (κ3) is 2.02. The van der Waals surface area contributed by atoms with Crippen molar-refractivity contribution < 1.29 is 4.79 Å². The number of nitrogens with one attached hydrogen (secondary N) is 1. The molecule has 0 aromatic heterocycles. The number of likely N-dealkylation sites (tertiary alicyclic amines) is 1. The highest BCUT2D eigenvalue weighted by Crippen LogP contribution is 2.18. The van der Waals surface area contributed by atoms with Crippen LogP contribution in [0.4, 0.5) is 0 Å². The van der Waals surface area contributed by atoms with Crippen LogP contribution in [-0.2, 0) is 4.79 Å². The number of nitrogens with zero attached hydrogens (tertiary/aromatic N) is 1. The van der Waals surface area contributed by atoms with Gasteiger partial charge in [0, 0.05) is 25.0 Å². The molecule has 1 N–H and O–H groups in total. The van der Waals surface area contributed by atoms with Crippen LogP contribution in [-0.4, -0.2) is 36.0 Å². The summed E-state index contributed by atoms with van der Waals surface area (Å²) in [5.41, 5.74) is 0. The quantitative estimate of drug-likeness (QED) is 0.683. The zero-order valence-corrected chi connectivity index (χ0v) is 8.25. The van der Waals surface area contributed by atoms with E-state index < -0.39 is 0 Å². The minimum atomic E-state index is 0.233. The van der Waals surface area contributed by atoms with E-state index in [1.807, 2.05) is 0 Å². The van der Waals surface area contributed by atoms with Crippen LogP contribution in [0, 0.1) is 0 Å². The fourth-order valence-electron chi connectivity index (χ4n) is 2.36. The van der Waals surface area contributed by atoms with E-state index >= 15 is 0 Å². The summed E-state index contributed by atoms with van der Waals surface area (Å²) in [6, 6.07) is 1.14. The lowest BCUT2D eigenvalue weighted by Crippen LogP contribution is -2.40. The van der Waals surface area contributed by atoms with Crippen LogP contribution in [0.25, 0.3) is 0 Å². The van der Waals surface area contributed by atoms with E-state index in [9.17, 15) is 4.79 Å². The van der Waals surface area contributed by atoms with Crippen LogP contribution >= 0.6 is 0 Å². The van der Waals surface area contributed by atoms with Gasteiger partial charge in [-0.25, -0.2) is 0 Å². The molecule has 0 saturated carbocycles. The van der Waals surface area contributed by atoms with Gasteiger partial charge in [0.25, 0.3) is 0 Å². The number of rotatable bonds is 2. The molecule has 3 nitrogen and oxygen atoms in total. The molecule has 0 radical (unpaired) electrons. The largest absolute Gasteiger partial charge is 0.352 e. The summed E-state index contributed by atoms with van der Waals surface area (Å²) in [6.07, 6.45) is 4.40. The molecule has 1 unspecified atom stereocenters. The molecule has 2 atom stereocenters. The maximum Gasteiger partial charge on any atom is 0.220 e. The molecule has 0 aromatic rings. The lowest BCUT2D eigenvalue weighted by Gasteiger charge is -2.24. The van der Waals surface area contributed by atoms with E-state index in [2.05, 4.69) is 17.1 Å². The molecule has 2 aliphatic rings. The summed E-state index contributed by atoms with van der Waals surface area (Å²) >= 11 is 0. The van der Waals surface area contributed by atoms with Gasteiger partial charge in [0.1, 0.15) is 0 Å². The standard InChI is InChI=1S/C10H18N2O/c1-8-3-2-6-12(8)7-9-4-5-10(13)11-9/h8-9H,2-7H2,1H3,(H,11,13)/t8?,9-/m0/s1. The Kier molecular flexibility index (Phi) is 2.54. The van der Waals surface area contributed by atoms with Crippen LogP contribution in [0.5, 0.6) is 0 Å². The molecule has 2 heterocycles. The lowest BCUT2D eigenvalue weighted by molar-refractivity contribution is -0.119. The fourth-order valence-corrected chi connectivity index (χ4v) is 2.36. The van der Waals surface area contributed by atoms with Gasteiger partial charge in [0.05, 0.1) is 0 Å². The molecule has 74 valence electrons. The molecule has 1 amide bonds. The molecule has 0 bridgehead atoms. The minimum Gasteiger partial charge on any atom is -0.352 e. The third-order valence-electron chi connectivity index (χ3n) is 3.23. The van der Waals surface area contributed by atoms with Crippen LogP contribution < -0.4 is 5.32 Å². The molecule has 0 spiro atoms. The SMILES string of the molecule is CC1CCCN1C[C@@H]1CCC(=O)N1. The Morgan fingerprint density at radius 3 is 2.92 bits per heavy atom. The Labute approximate surface area is 79.5 Å². The summed E-state index contributed by atoms with van der Waals surface area (Å²) < 4.78 is 0. The van der Waals surface area contributed by atoms with Crippen LogP contribution in [0.15, 0.2) is 0 Å². The first-order valence-corrected chi connectivity index (χ1v) is 5.29. The molecular formula is C10H18N2O. The van der Waals surface area contributed by atoms with E-state index in [1.54, 1.807) is 0 Å². The number of amides is 1. The molecule has 2 fully saturated rings. The number of hydrogen-bond acceptors (Lipinski definition) is 2. The second kappa shape index (κ2) is 3.66. The van der Waals surface area contributed by atoms with E-state index in [0.29, 0.717) is 6.04 Å². The van der Waals surface area contributed by atoms with Crippen molar-refractivity contribution in [2.24, 2.45) is 0 Å². The van der Waals surface area contributed by atoms with Gasteiger partial charge in [0.2, 0.25) is 5.91 Å². The Hall–Kier alpha value is -0.570. The molecule has 0 aliphatic carbocycles. The predicted molar refractivity (Wildman–Crippen MR) is 51.4 cm³/mol. The van der Waals surface area contributed by atoms with Crippen molar-refractivity contribution in [2.45, 2.75) is 44.7 Å². The molecule has 2 aliphatic heterocycles. The lowest BCUT2D eigenvalue weighted by atomic mass is 10.2. The Morgan fingerprint density at radius 1 is 1.54 bits per heavy atom. The van der Waals surface area contributed by atoms with Crippen LogP contribution in [0.2, 0.25) is 0 Å². The molecule has 2 saturated heterocycles. The first-order chi connectivity index (χ1) is 6.25. The van der Waals surface area contributed by atoms with Gasteiger partial charge >= 0.3 is 0 Å². The van der Waals surface area contributed by atoms with Gasteiger partial charge in [-0.1, -0.05) is 0 Å². The van der Waals surface area contributed by atoms with E-state index in [1.165, 1.54) is 19.4 Å². The normalized spacial score (nSPS) is 35.3. The van der Waals surface area contributed by atoms with Crippen molar-refractivity contribution in [1.29, 1.82) is 0 Å². The Bertz CT molecular complexity index is 205. The average molecular weight is 182 g/mol. The van der Waals surface area contributed by atoms with Crippen molar-refractivity contribution >= 4 is 5.91 Å². The highest BCUT2D eigenvalue weighted by atomic mass is 16.1. The van der Waals surface area contributed by atoms with Crippen molar-refractivity contribution in [2.75, 3.05) is 13.1 Å². The smallest absolute Gasteiger partial charge is 0.220 e. The van der Waals surface area contributed by atoms with Crippen molar-refractivity contribution in [3.8, 4) is 0 Å². The topological polar surface area (TPSA) is 32.3 Å². The van der Waals surface area contributed by atoms with E-state index in [-0.39, 0.29) is 5.91 Å². The zero-order chi connectivity index (χ0) is 9.26. The van der Waals surface area contributed by atoms with Crippen molar-refractivity contribution in [1.82, 2.24) is 10.2 Å². The van der Waals surface area contributed by atoms with Crippen LogP contribution in [0.1, 0.15) is 32.6 Å². The first kappa shape index (κ1) is 9.00. The predicted octanol–water partition coefficient (Wildman–Crippen LogP) is 0.749. The highest BCUT2D eigenvalue weighted by Gasteiger charge is 2.27. The number of carbonyl (C=O) groups excluding carboxylic acids is 1. The molecular weight excluding hydrogens is 164 g/mol. The van der Waals surface area contributed by atoms with Crippen molar-refractivity contribution in [3.63, 3.8) is 0 Å². The Morgan fingerprint density at radius 2 is 2.38 bits per heavy atom. The zero-order valence-electron chi connectivity index (χ0n) is 8.25. The molecule has 13 heavy (non-hydrogen) atoms. The van der Waals surface area contributed by atoms with Gasteiger partial charge in [-0.05, 0) is 32.7 Å². The summed E-state index contributed by atoms with van der Waals surface area (Å²) in [5.74, 6) is 0.233. The number of hydrogen-bond donors (Lipinski definition) is 1. The minimum absolute atomic E-state index is 0.233. The Balaban J connectivity index is 1.80. The van der Waals surface area contributed by atoms with E-state index in [4.69, 9.17) is 0 Å².